The van der Waals surface area contributed by atoms with Crippen LogP contribution in [0.5, 0.6) is 0 Å². The zero-order valence-electron chi connectivity index (χ0n) is 21.2. The van der Waals surface area contributed by atoms with Crippen LogP contribution in [0.2, 0.25) is 0 Å². The first-order chi connectivity index (χ1) is 16.8. The van der Waals surface area contributed by atoms with E-state index < -0.39 is 62.7 Å². The quantitative estimate of drug-likeness (QED) is 0.310. The van der Waals surface area contributed by atoms with Crippen molar-refractivity contribution in [3.05, 3.63) is 59.3 Å². The first kappa shape index (κ1) is 29.2. The molecule has 0 saturated carbocycles. The number of nitrogens with zero attached hydrogens (tertiary/aromatic N) is 1. The van der Waals surface area contributed by atoms with Crippen molar-refractivity contribution in [1.29, 1.82) is 0 Å². The first-order valence-electron chi connectivity index (χ1n) is 11.4. The van der Waals surface area contributed by atoms with E-state index in [1.165, 1.54) is 6.20 Å². The molecule has 0 spiro atoms. The van der Waals surface area contributed by atoms with Gasteiger partial charge in [0.25, 0.3) is 6.43 Å². The van der Waals surface area contributed by atoms with Gasteiger partial charge in [0.15, 0.2) is 0 Å². The van der Waals surface area contributed by atoms with Crippen LogP contribution in [0.25, 0.3) is 22.0 Å². The van der Waals surface area contributed by atoms with E-state index in [-0.39, 0.29) is 34.5 Å². The molecule has 204 valence electrons. The molecule has 0 aliphatic rings. The van der Waals surface area contributed by atoms with Gasteiger partial charge >= 0.3 is 6.18 Å². The van der Waals surface area contributed by atoms with E-state index in [0.717, 1.165) is 24.3 Å². The molecule has 0 fully saturated rings. The molecule has 0 unspecified atom stereocenters. The van der Waals surface area contributed by atoms with Gasteiger partial charge in [0.1, 0.15) is 17.7 Å². The van der Waals surface area contributed by atoms with Crippen molar-refractivity contribution in [3.8, 4) is 11.1 Å². The maximum absolute atomic E-state index is 15.4. The number of halogens is 7. The second-order valence-electron chi connectivity index (χ2n) is 11.1. The van der Waals surface area contributed by atoms with E-state index >= 15 is 4.39 Å². The topological polar surface area (TPSA) is 34.0 Å². The van der Waals surface area contributed by atoms with Crippen molar-refractivity contribution in [1.82, 2.24) is 9.29 Å². The van der Waals surface area contributed by atoms with Gasteiger partial charge in [-0.2, -0.15) is 13.2 Å². The van der Waals surface area contributed by atoms with E-state index in [0.29, 0.717) is 0 Å². The zero-order valence-corrected chi connectivity index (χ0v) is 22.1. The van der Waals surface area contributed by atoms with Gasteiger partial charge in [-0.05, 0) is 56.0 Å². The van der Waals surface area contributed by atoms with Crippen LogP contribution in [0, 0.1) is 17.0 Å². The Morgan fingerprint density at radius 1 is 0.946 bits per heavy atom. The molecule has 3 rings (SSSR count). The fourth-order valence-electron chi connectivity index (χ4n) is 3.96. The summed E-state index contributed by atoms with van der Waals surface area (Å²) in [6, 6.07) is 2.26. The summed E-state index contributed by atoms with van der Waals surface area (Å²) in [6.45, 7) is 10.7. The molecule has 2 atom stereocenters. The minimum Gasteiger partial charge on any atom is -0.347 e. The van der Waals surface area contributed by atoms with Crippen molar-refractivity contribution in [3.63, 3.8) is 0 Å². The lowest BCUT2D eigenvalue weighted by Crippen LogP contribution is -2.38. The van der Waals surface area contributed by atoms with E-state index in [4.69, 9.17) is 0 Å². The molecule has 0 aliphatic carbocycles. The van der Waals surface area contributed by atoms with Crippen LogP contribution in [0.4, 0.5) is 30.7 Å². The third-order valence-electron chi connectivity index (χ3n) is 5.60. The van der Waals surface area contributed by atoms with Gasteiger partial charge in [-0.3, -0.25) is 0 Å². The number of benzene rings is 2. The fraction of sp³-hybridized carbons (Fsp3) is 0.462. The number of nitrogens with one attached hydrogen (secondary N) is 1. The second-order valence-corrected chi connectivity index (χ2v) is 13.1. The molecule has 3 nitrogen and oxygen atoms in total. The van der Waals surface area contributed by atoms with Gasteiger partial charge in [0, 0.05) is 34.8 Å². The summed E-state index contributed by atoms with van der Waals surface area (Å²) in [6.07, 6.45) is -6.59. The summed E-state index contributed by atoms with van der Waals surface area (Å²) in [7, 11) is -1.89. The lowest BCUT2D eigenvalue weighted by Gasteiger charge is -2.24. The molecular weight excluding hydrogens is 521 g/mol. The van der Waals surface area contributed by atoms with Crippen LogP contribution in [0.3, 0.4) is 0 Å². The maximum Gasteiger partial charge on any atom is 0.417 e. The molecule has 0 radical (unpaired) electrons. The fourth-order valence-corrected chi connectivity index (χ4v) is 4.78. The summed E-state index contributed by atoms with van der Waals surface area (Å²) in [4.78, 5) is 0. The van der Waals surface area contributed by atoms with Gasteiger partial charge in [0.05, 0.1) is 21.3 Å². The van der Waals surface area contributed by atoms with Crippen molar-refractivity contribution in [2.24, 2.45) is 5.41 Å². The summed E-state index contributed by atoms with van der Waals surface area (Å²) in [5, 5.41) is 0.0462. The Morgan fingerprint density at radius 3 is 2.08 bits per heavy atom. The minimum atomic E-state index is -4.96. The van der Waals surface area contributed by atoms with E-state index in [2.05, 4.69) is 4.72 Å². The molecule has 0 aliphatic heterocycles. The van der Waals surface area contributed by atoms with Crippen LogP contribution >= 0.6 is 0 Å². The summed E-state index contributed by atoms with van der Waals surface area (Å²) in [5.74, 6) is -2.22. The van der Waals surface area contributed by atoms with Crippen molar-refractivity contribution >= 4 is 21.9 Å². The van der Waals surface area contributed by atoms with E-state index in [1.54, 1.807) is 25.3 Å². The van der Waals surface area contributed by atoms with Gasteiger partial charge < -0.3 is 4.57 Å². The molecule has 0 saturated heterocycles. The molecule has 1 N–H and O–H groups in total. The van der Waals surface area contributed by atoms with Gasteiger partial charge in [-0.25, -0.2) is 26.5 Å². The maximum atomic E-state index is 15.4. The van der Waals surface area contributed by atoms with Crippen LogP contribution in [-0.4, -0.2) is 19.9 Å². The van der Waals surface area contributed by atoms with Gasteiger partial charge in [0.2, 0.25) is 0 Å². The minimum absolute atomic E-state index is 0.0348. The van der Waals surface area contributed by atoms with E-state index in [9.17, 15) is 30.6 Å². The van der Waals surface area contributed by atoms with Gasteiger partial charge in [-0.15, -0.1) is 0 Å². The highest BCUT2D eigenvalue weighted by atomic mass is 32.2. The largest absolute Gasteiger partial charge is 0.417 e. The predicted octanol–water partition coefficient (Wildman–Crippen LogP) is 8.01. The summed E-state index contributed by atoms with van der Waals surface area (Å²) < 4.78 is 114. The Kier molecular flexibility index (Phi) is 7.92. The number of rotatable bonds is 6. The number of hydrogen-bond acceptors (Lipinski definition) is 1. The first-order valence-corrected chi connectivity index (χ1v) is 12.6. The predicted molar refractivity (Wildman–Crippen MR) is 132 cm³/mol. The molecule has 1 heterocycles. The molecule has 2 aromatic carbocycles. The van der Waals surface area contributed by atoms with Crippen LogP contribution < -0.4 is 4.72 Å². The average Bonchev–Trinajstić information content (AvgIpc) is 3.04. The third-order valence-corrected chi connectivity index (χ3v) is 7.18. The Balaban J connectivity index is 2.31. The smallest absolute Gasteiger partial charge is 0.347 e. The third kappa shape index (κ3) is 6.54. The SMILES string of the molecule is CC(C)(C)Cn1cc([C@H](N[S@@](=O)C(C)(C)C)C(F)F)c2cc(F)c(-c3ccc(F)cc3C(F)(F)F)cc21. The lowest BCUT2D eigenvalue weighted by atomic mass is 9.95. The Morgan fingerprint density at radius 2 is 1.57 bits per heavy atom. The Labute approximate surface area is 213 Å². The van der Waals surface area contributed by atoms with Crippen LogP contribution in [0.1, 0.15) is 58.7 Å². The molecule has 0 amide bonds. The van der Waals surface area contributed by atoms with Crippen molar-refractivity contribution in [2.45, 2.75) is 71.5 Å². The number of hydrogen-bond donors (Lipinski definition) is 1. The summed E-state index contributed by atoms with van der Waals surface area (Å²) >= 11 is 0. The number of fused-ring (bicyclic) bond motifs is 1. The van der Waals surface area contributed by atoms with Crippen molar-refractivity contribution in [2.75, 3.05) is 0 Å². The van der Waals surface area contributed by atoms with Crippen molar-refractivity contribution < 1.29 is 34.9 Å². The molecule has 37 heavy (non-hydrogen) atoms. The Hall–Kier alpha value is -2.40. The highest BCUT2D eigenvalue weighted by Gasteiger charge is 2.36. The molecule has 0 bridgehead atoms. The zero-order chi connectivity index (χ0) is 28.1. The lowest BCUT2D eigenvalue weighted by molar-refractivity contribution is -0.137. The molecule has 11 heteroatoms. The highest BCUT2D eigenvalue weighted by molar-refractivity contribution is 7.84. The average molecular weight is 551 g/mol. The van der Waals surface area contributed by atoms with Crippen LogP contribution in [0.15, 0.2) is 36.5 Å². The standard InChI is InChI=1S/C26H29F7N2OS/c1-24(2,3)13-35-12-18(22(23(29)30)34-37(36)25(4,5)6)17-10-20(28)16(11-21(17)35)15-8-7-14(27)9-19(15)26(31,32)33/h7-12,22-23,34H,13H2,1-6H3/t22-,37-/m0/s1. The number of alkyl halides is 5. The summed E-state index contributed by atoms with van der Waals surface area (Å²) in [5.41, 5.74) is -2.57. The monoisotopic (exact) mass is 550 g/mol. The second kappa shape index (κ2) is 10.1. The molecule has 3 aromatic rings. The molecule has 1 aromatic heterocycles. The molecular formula is C26H29F7N2OS. The normalized spacial score (nSPS) is 15.0. The van der Waals surface area contributed by atoms with Gasteiger partial charge in [-0.1, -0.05) is 26.8 Å². The highest BCUT2D eigenvalue weighted by Crippen LogP contribution is 2.41. The Bertz CT molecular complexity index is 1320. The van der Waals surface area contributed by atoms with E-state index in [1.807, 2.05) is 20.8 Å². The number of aromatic nitrogens is 1. The van der Waals surface area contributed by atoms with Crippen LogP contribution in [-0.2, 0) is 23.7 Å².